The third-order valence-electron chi connectivity index (χ3n) is 1.95. The Labute approximate surface area is 86.7 Å². The van der Waals surface area contributed by atoms with Crippen molar-refractivity contribution in [3.63, 3.8) is 0 Å². The molecule has 0 amide bonds. The summed E-state index contributed by atoms with van der Waals surface area (Å²) in [4.78, 5) is 11.3. The summed E-state index contributed by atoms with van der Waals surface area (Å²) < 4.78 is 15.2. The molecule has 0 radical (unpaired) electrons. The Morgan fingerprint density at radius 3 is 3.00 bits per heavy atom. The first kappa shape index (κ1) is 9.64. The Kier molecular flexibility index (Phi) is 2.37. The molecule has 0 saturated heterocycles. The fraction of sp³-hybridized carbons (Fsp3) is 0.300. The molecule has 0 saturated carbocycles. The van der Waals surface area contributed by atoms with Crippen molar-refractivity contribution >= 4 is 11.7 Å². The summed E-state index contributed by atoms with van der Waals surface area (Å²) in [5.74, 6) is 0.316. The molecule has 80 valence electrons. The van der Waals surface area contributed by atoms with E-state index in [-0.39, 0.29) is 6.61 Å². The smallest absolute Gasteiger partial charge is 0.389 e. The molecule has 1 aromatic rings. The quantitative estimate of drug-likeness (QED) is 0.579. The summed E-state index contributed by atoms with van der Waals surface area (Å²) in [7, 11) is 0. The van der Waals surface area contributed by atoms with Gasteiger partial charge in [-0.2, -0.15) is 0 Å². The minimum absolute atomic E-state index is 0.286. The van der Waals surface area contributed by atoms with Crippen LogP contribution in [0.25, 0.3) is 0 Å². The van der Waals surface area contributed by atoms with Gasteiger partial charge in [-0.3, -0.25) is 0 Å². The van der Waals surface area contributed by atoms with E-state index in [0.29, 0.717) is 17.2 Å². The van der Waals surface area contributed by atoms with Crippen LogP contribution >= 0.6 is 0 Å². The molecule has 0 spiro atoms. The van der Waals surface area contributed by atoms with Crippen LogP contribution in [0, 0.1) is 0 Å². The maximum Gasteiger partial charge on any atom is 0.389 e. The van der Waals surface area contributed by atoms with Crippen molar-refractivity contribution in [3.8, 4) is 11.5 Å². The number of benzene rings is 1. The van der Waals surface area contributed by atoms with Gasteiger partial charge >= 0.3 is 12.3 Å². The minimum atomic E-state index is -1.04. The molecule has 0 aliphatic carbocycles. The normalized spacial score (nSPS) is 17.5. The molecule has 5 heteroatoms. The zero-order valence-corrected chi connectivity index (χ0v) is 8.23. The van der Waals surface area contributed by atoms with Gasteiger partial charge in [0, 0.05) is 0 Å². The molecular weight excluding hydrogens is 198 g/mol. The van der Waals surface area contributed by atoms with Gasteiger partial charge in [0.05, 0.1) is 12.3 Å². The number of ether oxygens (including phenoxy) is 3. The van der Waals surface area contributed by atoms with Crippen LogP contribution < -0.4 is 15.2 Å². The van der Waals surface area contributed by atoms with Crippen LogP contribution in [0.3, 0.4) is 0 Å². The van der Waals surface area contributed by atoms with Crippen LogP contribution in [0.15, 0.2) is 18.2 Å². The highest BCUT2D eigenvalue weighted by Gasteiger charge is 2.33. The highest BCUT2D eigenvalue weighted by atomic mass is 16.7. The van der Waals surface area contributed by atoms with Crippen LogP contribution in [0.5, 0.6) is 11.5 Å². The molecule has 0 bridgehead atoms. The lowest BCUT2D eigenvalue weighted by molar-refractivity contribution is -0.161. The predicted octanol–water partition coefficient (Wildman–Crippen LogP) is 0.929. The summed E-state index contributed by atoms with van der Waals surface area (Å²) in [6.45, 7) is 2.00. The molecule has 2 rings (SSSR count). The van der Waals surface area contributed by atoms with E-state index < -0.39 is 12.3 Å². The number of rotatable bonds is 2. The predicted molar refractivity (Wildman–Crippen MR) is 52.5 cm³/mol. The van der Waals surface area contributed by atoms with Crippen molar-refractivity contribution in [2.45, 2.75) is 13.2 Å². The highest BCUT2D eigenvalue weighted by molar-refractivity contribution is 5.76. The van der Waals surface area contributed by atoms with Crippen LogP contribution in [-0.4, -0.2) is 18.9 Å². The lowest BCUT2D eigenvalue weighted by Crippen LogP contribution is -2.31. The number of hydrogen-bond donors (Lipinski definition) is 1. The molecule has 2 N–H and O–H groups in total. The van der Waals surface area contributed by atoms with Gasteiger partial charge in [-0.1, -0.05) is 6.07 Å². The van der Waals surface area contributed by atoms with E-state index in [2.05, 4.69) is 0 Å². The molecule has 1 heterocycles. The summed E-state index contributed by atoms with van der Waals surface area (Å²) in [6, 6.07) is 5.09. The first-order valence-electron chi connectivity index (χ1n) is 4.61. The summed E-state index contributed by atoms with van der Waals surface area (Å²) in [5.41, 5.74) is 6.09. The summed E-state index contributed by atoms with van der Waals surface area (Å²) >= 11 is 0. The monoisotopic (exact) mass is 209 g/mol. The van der Waals surface area contributed by atoms with E-state index in [4.69, 9.17) is 19.9 Å². The van der Waals surface area contributed by atoms with Crippen molar-refractivity contribution in [1.29, 1.82) is 0 Å². The number of nitrogens with two attached hydrogens (primary N) is 1. The maximum atomic E-state index is 11.3. The third-order valence-corrected chi connectivity index (χ3v) is 1.95. The van der Waals surface area contributed by atoms with Crippen molar-refractivity contribution < 1.29 is 19.0 Å². The fourth-order valence-corrected chi connectivity index (χ4v) is 1.30. The number of anilines is 1. The van der Waals surface area contributed by atoms with Crippen LogP contribution in [0.1, 0.15) is 6.92 Å². The molecule has 0 fully saturated rings. The van der Waals surface area contributed by atoms with Crippen LogP contribution in [0.2, 0.25) is 0 Å². The first-order chi connectivity index (χ1) is 7.22. The molecule has 1 atom stereocenters. The Hall–Kier alpha value is -1.91. The van der Waals surface area contributed by atoms with Gasteiger partial charge in [0.1, 0.15) is 0 Å². The Balaban J connectivity index is 2.15. The SMILES string of the molecule is CCOC(=O)C1Oc2cccc(N)c2O1. The molecule has 1 aliphatic heterocycles. The van der Waals surface area contributed by atoms with Gasteiger partial charge in [-0.15, -0.1) is 0 Å². The second kappa shape index (κ2) is 3.68. The second-order valence-electron chi connectivity index (χ2n) is 2.99. The minimum Gasteiger partial charge on any atom is -0.460 e. The number of fused-ring (bicyclic) bond motifs is 1. The standard InChI is InChI=1S/C10H11NO4/c1-2-13-9(12)10-14-7-5-3-4-6(11)8(7)15-10/h3-5,10H,2,11H2,1H3. The Bertz CT molecular complexity index is 391. The highest BCUT2D eigenvalue weighted by Crippen LogP contribution is 2.39. The molecule has 1 aromatic carbocycles. The molecule has 0 aromatic heterocycles. The van der Waals surface area contributed by atoms with E-state index in [9.17, 15) is 4.79 Å². The third kappa shape index (κ3) is 1.68. The van der Waals surface area contributed by atoms with Crippen molar-refractivity contribution in [1.82, 2.24) is 0 Å². The first-order valence-corrected chi connectivity index (χ1v) is 4.61. The number of esters is 1. The number of para-hydroxylation sites is 1. The molecule has 15 heavy (non-hydrogen) atoms. The average Bonchev–Trinajstić information content (AvgIpc) is 2.63. The van der Waals surface area contributed by atoms with Crippen molar-refractivity contribution in [2.24, 2.45) is 0 Å². The van der Waals surface area contributed by atoms with Crippen molar-refractivity contribution in [3.05, 3.63) is 18.2 Å². The number of hydrogen-bond acceptors (Lipinski definition) is 5. The van der Waals surface area contributed by atoms with E-state index in [0.717, 1.165) is 0 Å². The zero-order chi connectivity index (χ0) is 10.8. The molecule has 5 nitrogen and oxygen atoms in total. The Morgan fingerprint density at radius 2 is 2.33 bits per heavy atom. The molecule has 1 aliphatic rings. The lowest BCUT2D eigenvalue weighted by atomic mass is 10.3. The van der Waals surface area contributed by atoms with Gasteiger partial charge in [-0.05, 0) is 19.1 Å². The Morgan fingerprint density at radius 1 is 1.53 bits per heavy atom. The number of carbonyl (C=O) groups excluding carboxylic acids is 1. The van der Waals surface area contributed by atoms with Crippen LogP contribution in [0.4, 0.5) is 5.69 Å². The van der Waals surface area contributed by atoms with Gasteiger partial charge in [-0.25, -0.2) is 4.79 Å². The number of nitrogen functional groups attached to an aromatic ring is 1. The van der Waals surface area contributed by atoms with Crippen molar-refractivity contribution in [2.75, 3.05) is 12.3 Å². The maximum absolute atomic E-state index is 11.3. The van der Waals surface area contributed by atoms with Gasteiger partial charge < -0.3 is 19.9 Å². The van der Waals surface area contributed by atoms with Gasteiger partial charge in [0.25, 0.3) is 0 Å². The largest absolute Gasteiger partial charge is 0.460 e. The van der Waals surface area contributed by atoms with E-state index in [1.54, 1.807) is 25.1 Å². The van der Waals surface area contributed by atoms with Crippen LogP contribution in [-0.2, 0) is 9.53 Å². The summed E-state index contributed by atoms with van der Waals surface area (Å²) in [6.07, 6.45) is -1.04. The topological polar surface area (TPSA) is 70.8 Å². The zero-order valence-electron chi connectivity index (χ0n) is 8.23. The molecular formula is C10H11NO4. The average molecular weight is 209 g/mol. The van der Waals surface area contributed by atoms with Gasteiger partial charge in [0.15, 0.2) is 11.5 Å². The van der Waals surface area contributed by atoms with E-state index >= 15 is 0 Å². The lowest BCUT2D eigenvalue weighted by Gasteiger charge is -2.08. The van der Waals surface area contributed by atoms with Gasteiger partial charge in [0.2, 0.25) is 0 Å². The van der Waals surface area contributed by atoms with E-state index in [1.165, 1.54) is 0 Å². The summed E-state index contributed by atoms with van der Waals surface area (Å²) in [5, 5.41) is 0. The fourth-order valence-electron chi connectivity index (χ4n) is 1.30. The molecule has 1 unspecified atom stereocenters. The number of carbonyl (C=O) groups is 1. The van der Waals surface area contributed by atoms with E-state index in [1.807, 2.05) is 0 Å². The second-order valence-corrected chi connectivity index (χ2v) is 2.99.